The summed E-state index contributed by atoms with van der Waals surface area (Å²) in [6.07, 6.45) is 1.95. The Morgan fingerprint density at radius 1 is 1.17 bits per heavy atom. The minimum atomic E-state index is 0.253. The first-order valence-corrected chi connectivity index (χ1v) is 4.89. The topological polar surface area (TPSA) is 40.5 Å². The van der Waals surface area contributed by atoms with Crippen molar-refractivity contribution in [2.75, 3.05) is 13.2 Å². The normalized spacial score (nSPS) is 18.8. The van der Waals surface area contributed by atoms with Crippen molar-refractivity contribution < 1.29 is 10.2 Å². The van der Waals surface area contributed by atoms with Crippen LogP contribution in [0.25, 0.3) is 0 Å². The summed E-state index contributed by atoms with van der Waals surface area (Å²) in [4.78, 5) is 0. The molecule has 74 valence electrons. The quantitative estimate of drug-likeness (QED) is 0.643. The fourth-order valence-corrected chi connectivity index (χ4v) is 1.64. The summed E-state index contributed by atoms with van der Waals surface area (Å²) >= 11 is 0. The van der Waals surface area contributed by atoms with Crippen LogP contribution in [-0.2, 0) is 0 Å². The number of rotatable bonds is 6. The molecule has 0 aromatic rings. The summed E-state index contributed by atoms with van der Waals surface area (Å²) in [5.74, 6) is 1.41. The third-order valence-electron chi connectivity index (χ3n) is 2.95. The molecule has 0 bridgehead atoms. The van der Waals surface area contributed by atoms with Crippen LogP contribution in [0.3, 0.4) is 0 Å². The van der Waals surface area contributed by atoms with Gasteiger partial charge in [-0.1, -0.05) is 27.2 Å². The van der Waals surface area contributed by atoms with Gasteiger partial charge in [-0.25, -0.2) is 0 Å². The van der Waals surface area contributed by atoms with Crippen LogP contribution in [0.5, 0.6) is 0 Å². The van der Waals surface area contributed by atoms with Gasteiger partial charge in [0.15, 0.2) is 0 Å². The molecule has 0 radical (unpaired) electrons. The van der Waals surface area contributed by atoms with E-state index in [1.54, 1.807) is 0 Å². The molecule has 0 aromatic carbocycles. The van der Waals surface area contributed by atoms with E-state index in [-0.39, 0.29) is 13.2 Å². The molecule has 0 rings (SSSR count). The van der Waals surface area contributed by atoms with E-state index in [4.69, 9.17) is 10.2 Å². The standard InChI is InChI=1S/C10H22O2/c1-4-10(5-6-11)9(3)8(2)7-12/h8-12H,4-7H2,1-3H3. The Balaban J connectivity index is 3.91. The highest BCUT2D eigenvalue weighted by Crippen LogP contribution is 2.25. The molecule has 3 atom stereocenters. The predicted octanol–water partition coefficient (Wildman–Crippen LogP) is 1.66. The second-order valence-corrected chi connectivity index (χ2v) is 3.70. The Bertz CT molecular complexity index is 104. The molecule has 0 fully saturated rings. The molecular formula is C10H22O2. The summed E-state index contributed by atoms with van der Waals surface area (Å²) in [6, 6.07) is 0. The van der Waals surface area contributed by atoms with Gasteiger partial charge in [-0.2, -0.15) is 0 Å². The van der Waals surface area contributed by atoms with Crippen LogP contribution in [0, 0.1) is 17.8 Å². The average Bonchev–Trinajstić information content (AvgIpc) is 2.11. The Kier molecular flexibility index (Phi) is 6.39. The second-order valence-electron chi connectivity index (χ2n) is 3.70. The highest BCUT2D eigenvalue weighted by molar-refractivity contribution is 4.69. The first-order chi connectivity index (χ1) is 5.67. The van der Waals surface area contributed by atoms with E-state index in [0.717, 1.165) is 12.8 Å². The van der Waals surface area contributed by atoms with Crippen LogP contribution in [0.15, 0.2) is 0 Å². The van der Waals surface area contributed by atoms with Crippen molar-refractivity contribution >= 4 is 0 Å². The predicted molar refractivity (Wildman–Crippen MR) is 50.9 cm³/mol. The molecule has 0 saturated heterocycles. The van der Waals surface area contributed by atoms with Crippen molar-refractivity contribution in [3.63, 3.8) is 0 Å². The van der Waals surface area contributed by atoms with Gasteiger partial charge < -0.3 is 10.2 Å². The Labute approximate surface area is 75.6 Å². The fraction of sp³-hybridized carbons (Fsp3) is 1.00. The Morgan fingerprint density at radius 3 is 2.08 bits per heavy atom. The van der Waals surface area contributed by atoms with Crippen LogP contribution in [0.1, 0.15) is 33.6 Å². The maximum atomic E-state index is 8.96. The van der Waals surface area contributed by atoms with E-state index in [1.807, 2.05) is 0 Å². The van der Waals surface area contributed by atoms with Crippen molar-refractivity contribution in [1.82, 2.24) is 0 Å². The second kappa shape index (κ2) is 6.44. The molecule has 0 spiro atoms. The molecule has 2 heteroatoms. The van der Waals surface area contributed by atoms with E-state index < -0.39 is 0 Å². The molecule has 0 saturated carbocycles. The van der Waals surface area contributed by atoms with Crippen LogP contribution in [0.4, 0.5) is 0 Å². The minimum absolute atomic E-state index is 0.253. The average molecular weight is 174 g/mol. The lowest BCUT2D eigenvalue weighted by atomic mass is 9.81. The molecule has 0 amide bonds. The lowest BCUT2D eigenvalue weighted by molar-refractivity contribution is 0.136. The fourth-order valence-electron chi connectivity index (χ4n) is 1.64. The van der Waals surface area contributed by atoms with Gasteiger partial charge in [0, 0.05) is 13.2 Å². The maximum absolute atomic E-state index is 8.96. The lowest BCUT2D eigenvalue weighted by Crippen LogP contribution is -2.22. The summed E-state index contributed by atoms with van der Waals surface area (Å²) in [7, 11) is 0. The van der Waals surface area contributed by atoms with E-state index in [0.29, 0.717) is 17.8 Å². The third kappa shape index (κ3) is 3.55. The SMILES string of the molecule is CCC(CCO)C(C)C(C)CO. The monoisotopic (exact) mass is 174 g/mol. The highest BCUT2D eigenvalue weighted by Gasteiger charge is 2.19. The number of hydrogen-bond donors (Lipinski definition) is 2. The van der Waals surface area contributed by atoms with Gasteiger partial charge >= 0.3 is 0 Å². The van der Waals surface area contributed by atoms with Crippen molar-refractivity contribution in [3.8, 4) is 0 Å². The molecule has 12 heavy (non-hydrogen) atoms. The summed E-state index contributed by atoms with van der Waals surface area (Å²) < 4.78 is 0. The molecule has 0 heterocycles. The van der Waals surface area contributed by atoms with Gasteiger partial charge in [0.25, 0.3) is 0 Å². The lowest BCUT2D eigenvalue weighted by Gasteiger charge is -2.26. The van der Waals surface area contributed by atoms with E-state index in [1.165, 1.54) is 0 Å². The largest absolute Gasteiger partial charge is 0.396 e. The number of aliphatic hydroxyl groups is 2. The van der Waals surface area contributed by atoms with Crippen LogP contribution >= 0.6 is 0 Å². The summed E-state index contributed by atoms with van der Waals surface area (Å²) in [5, 5.41) is 17.8. The van der Waals surface area contributed by atoms with Gasteiger partial charge in [0.05, 0.1) is 0 Å². The molecular weight excluding hydrogens is 152 g/mol. The number of hydrogen-bond acceptors (Lipinski definition) is 2. The van der Waals surface area contributed by atoms with Gasteiger partial charge in [0.1, 0.15) is 0 Å². The van der Waals surface area contributed by atoms with Crippen LogP contribution in [0.2, 0.25) is 0 Å². The zero-order valence-corrected chi connectivity index (χ0v) is 8.45. The Morgan fingerprint density at radius 2 is 1.75 bits per heavy atom. The maximum Gasteiger partial charge on any atom is 0.0459 e. The summed E-state index contributed by atoms with van der Waals surface area (Å²) in [5.41, 5.74) is 0. The molecule has 0 aromatic heterocycles. The van der Waals surface area contributed by atoms with Crippen LogP contribution < -0.4 is 0 Å². The van der Waals surface area contributed by atoms with Gasteiger partial charge in [-0.15, -0.1) is 0 Å². The Hall–Kier alpha value is -0.0800. The first kappa shape index (κ1) is 11.9. The number of aliphatic hydroxyl groups excluding tert-OH is 2. The van der Waals surface area contributed by atoms with Crippen molar-refractivity contribution in [2.24, 2.45) is 17.8 Å². The zero-order valence-electron chi connectivity index (χ0n) is 8.45. The van der Waals surface area contributed by atoms with E-state index in [9.17, 15) is 0 Å². The highest BCUT2D eigenvalue weighted by atomic mass is 16.3. The molecule has 2 nitrogen and oxygen atoms in total. The van der Waals surface area contributed by atoms with Crippen LogP contribution in [-0.4, -0.2) is 23.4 Å². The van der Waals surface area contributed by atoms with Crippen molar-refractivity contribution in [3.05, 3.63) is 0 Å². The van der Waals surface area contributed by atoms with Gasteiger partial charge in [-0.05, 0) is 24.2 Å². The van der Waals surface area contributed by atoms with Crippen molar-refractivity contribution in [1.29, 1.82) is 0 Å². The zero-order chi connectivity index (χ0) is 9.56. The van der Waals surface area contributed by atoms with Gasteiger partial charge in [0.2, 0.25) is 0 Å². The van der Waals surface area contributed by atoms with Gasteiger partial charge in [-0.3, -0.25) is 0 Å². The van der Waals surface area contributed by atoms with E-state index in [2.05, 4.69) is 20.8 Å². The van der Waals surface area contributed by atoms with Crippen molar-refractivity contribution in [2.45, 2.75) is 33.6 Å². The molecule has 2 N–H and O–H groups in total. The molecule has 0 aliphatic carbocycles. The molecule has 3 unspecified atom stereocenters. The first-order valence-electron chi connectivity index (χ1n) is 4.89. The molecule has 0 aliphatic heterocycles. The smallest absolute Gasteiger partial charge is 0.0459 e. The minimum Gasteiger partial charge on any atom is -0.396 e. The molecule has 0 aliphatic rings. The third-order valence-corrected chi connectivity index (χ3v) is 2.95. The van der Waals surface area contributed by atoms with E-state index >= 15 is 0 Å². The summed E-state index contributed by atoms with van der Waals surface area (Å²) in [6.45, 7) is 6.88.